The molecule has 0 bridgehead atoms. The van der Waals surface area contributed by atoms with Gasteiger partial charge < -0.3 is 14.4 Å². The molecule has 4 rings (SSSR count). The third-order valence-electron chi connectivity index (χ3n) is 3.61. The van der Waals surface area contributed by atoms with Crippen LogP contribution in [0.4, 0.5) is 11.7 Å². The molecule has 0 fully saturated rings. The summed E-state index contributed by atoms with van der Waals surface area (Å²) in [5.74, 6) is 1.86. The van der Waals surface area contributed by atoms with Gasteiger partial charge >= 0.3 is 6.01 Å². The highest BCUT2D eigenvalue weighted by molar-refractivity contribution is 7.80. The summed E-state index contributed by atoms with van der Waals surface area (Å²) < 4.78 is 7.15. The summed E-state index contributed by atoms with van der Waals surface area (Å²) in [5.41, 5.74) is 0.868. The van der Waals surface area contributed by atoms with Crippen LogP contribution in [0.5, 0.6) is 0 Å². The molecule has 0 aliphatic rings. The van der Waals surface area contributed by atoms with Gasteiger partial charge in [0.05, 0.1) is 4.88 Å². The van der Waals surface area contributed by atoms with Gasteiger partial charge in [-0.05, 0) is 23.6 Å². The molecule has 0 aliphatic carbocycles. The van der Waals surface area contributed by atoms with Crippen LogP contribution in [0, 0.1) is 0 Å². The van der Waals surface area contributed by atoms with Crippen LogP contribution in [0.2, 0.25) is 0 Å². The SMILES string of the molecule is Cn1c(-c2cccs2)nnc1C(S)c1noc(Nc2ccccc2)n1. The Balaban J connectivity index is 1.57. The lowest BCUT2D eigenvalue weighted by atomic mass is 10.3. The van der Waals surface area contributed by atoms with Crippen molar-refractivity contribution in [1.82, 2.24) is 24.9 Å². The van der Waals surface area contributed by atoms with Gasteiger partial charge in [-0.25, -0.2) is 0 Å². The maximum Gasteiger partial charge on any atom is 0.325 e. The van der Waals surface area contributed by atoms with E-state index in [9.17, 15) is 0 Å². The van der Waals surface area contributed by atoms with Gasteiger partial charge in [0.15, 0.2) is 17.5 Å². The molecule has 1 aromatic carbocycles. The van der Waals surface area contributed by atoms with E-state index in [0.717, 1.165) is 16.4 Å². The van der Waals surface area contributed by atoms with Crippen molar-refractivity contribution in [3.63, 3.8) is 0 Å². The molecule has 1 N–H and O–H groups in total. The molecule has 1 unspecified atom stereocenters. The molecule has 0 aliphatic heterocycles. The van der Waals surface area contributed by atoms with Gasteiger partial charge in [-0.2, -0.15) is 17.6 Å². The highest BCUT2D eigenvalue weighted by Gasteiger charge is 2.23. The average Bonchev–Trinajstić information content (AvgIpc) is 3.36. The van der Waals surface area contributed by atoms with Gasteiger partial charge in [-0.1, -0.05) is 29.4 Å². The first-order valence-electron chi connectivity index (χ1n) is 7.49. The molecule has 0 spiro atoms. The number of aromatic nitrogens is 5. The molecule has 126 valence electrons. The van der Waals surface area contributed by atoms with Crippen molar-refractivity contribution in [2.45, 2.75) is 5.25 Å². The standard InChI is InChI=1S/C16H14N6OS2/c1-22-14(11-8-5-9-25-11)19-20-15(22)12(24)13-18-16(23-21-13)17-10-6-3-2-4-7-10/h2-9,12,24H,1H3,(H,17,18,21). The summed E-state index contributed by atoms with van der Waals surface area (Å²) in [6.45, 7) is 0. The molecule has 9 heteroatoms. The van der Waals surface area contributed by atoms with Gasteiger partial charge in [-0.15, -0.1) is 21.5 Å². The second-order valence-corrected chi connectivity index (χ2v) is 6.73. The number of rotatable bonds is 5. The Morgan fingerprint density at radius 3 is 2.76 bits per heavy atom. The van der Waals surface area contributed by atoms with Crippen molar-refractivity contribution in [2.75, 3.05) is 5.32 Å². The zero-order valence-electron chi connectivity index (χ0n) is 13.2. The predicted octanol–water partition coefficient (Wildman–Crippen LogP) is 3.69. The number of para-hydroxylation sites is 1. The second-order valence-electron chi connectivity index (χ2n) is 5.27. The Bertz CT molecular complexity index is 964. The first-order chi connectivity index (χ1) is 12.2. The maximum absolute atomic E-state index is 5.25. The lowest BCUT2D eigenvalue weighted by Gasteiger charge is -2.06. The molecular formula is C16H14N6OS2. The van der Waals surface area contributed by atoms with Crippen molar-refractivity contribution < 1.29 is 4.52 Å². The van der Waals surface area contributed by atoms with Crippen molar-refractivity contribution >= 4 is 35.7 Å². The van der Waals surface area contributed by atoms with Crippen LogP contribution in [0.15, 0.2) is 52.4 Å². The van der Waals surface area contributed by atoms with Gasteiger partial charge in [0.2, 0.25) is 0 Å². The predicted molar refractivity (Wildman–Crippen MR) is 99.2 cm³/mol. The largest absolute Gasteiger partial charge is 0.325 e. The summed E-state index contributed by atoms with van der Waals surface area (Å²) in [4.78, 5) is 5.39. The molecule has 4 aromatic rings. The summed E-state index contributed by atoms with van der Waals surface area (Å²) in [6, 6.07) is 13.9. The van der Waals surface area contributed by atoms with E-state index in [-0.39, 0.29) is 0 Å². The van der Waals surface area contributed by atoms with Crippen LogP contribution in [0.1, 0.15) is 16.9 Å². The molecule has 3 aromatic heterocycles. The summed E-state index contributed by atoms with van der Waals surface area (Å²) in [7, 11) is 1.90. The number of hydrogen-bond donors (Lipinski definition) is 2. The molecule has 0 saturated carbocycles. The lowest BCUT2D eigenvalue weighted by Crippen LogP contribution is -2.05. The third kappa shape index (κ3) is 3.15. The van der Waals surface area contributed by atoms with E-state index in [1.165, 1.54) is 0 Å². The molecule has 7 nitrogen and oxygen atoms in total. The normalized spacial score (nSPS) is 12.2. The van der Waals surface area contributed by atoms with Crippen molar-refractivity contribution in [2.24, 2.45) is 7.05 Å². The Morgan fingerprint density at radius 1 is 1.16 bits per heavy atom. The zero-order valence-corrected chi connectivity index (χ0v) is 14.9. The van der Waals surface area contributed by atoms with Crippen LogP contribution < -0.4 is 5.32 Å². The monoisotopic (exact) mass is 370 g/mol. The number of thiol groups is 1. The van der Waals surface area contributed by atoms with Crippen LogP contribution in [0.3, 0.4) is 0 Å². The van der Waals surface area contributed by atoms with Crippen molar-refractivity contribution in [1.29, 1.82) is 0 Å². The number of benzene rings is 1. The molecular weight excluding hydrogens is 356 g/mol. The maximum atomic E-state index is 5.25. The number of nitrogens with zero attached hydrogens (tertiary/aromatic N) is 5. The Morgan fingerprint density at radius 2 is 2.00 bits per heavy atom. The van der Waals surface area contributed by atoms with Gasteiger partial charge in [-0.3, -0.25) is 0 Å². The number of nitrogens with one attached hydrogen (secondary N) is 1. The van der Waals surface area contributed by atoms with Crippen LogP contribution >= 0.6 is 24.0 Å². The van der Waals surface area contributed by atoms with E-state index >= 15 is 0 Å². The van der Waals surface area contributed by atoms with E-state index < -0.39 is 5.25 Å². The molecule has 0 amide bonds. The van der Waals surface area contributed by atoms with Gasteiger partial charge in [0.1, 0.15) is 5.25 Å². The Kier molecular flexibility index (Phi) is 4.24. The van der Waals surface area contributed by atoms with E-state index in [4.69, 9.17) is 4.52 Å². The van der Waals surface area contributed by atoms with E-state index in [0.29, 0.717) is 17.7 Å². The van der Waals surface area contributed by atoms with Crippen molar-refractivity contribution in [3.8, 4) is 10.7 Å². The molecule has 0 radical (unpaired) electrons. The third-order valence-corrected chi connectivity index (χ3v) is 4.93. The number of hydrogen-bond acceptors (Lipinski definition) is 8. The first-order valence-corrected chi connectivity index (χ1v) is 8.89. The van der Waals surface area contributed by atoms with Gasteiger partial charge in [0, 0.05) is 12.7 Å². The number of anilines is 2. The minimum Gasteiger partial charge on any atom is -0.315 e. The lowest BCUT2D eigenvalue weighted by molar-refractivity contribution is 0.426. The quantitative estimate of drug-likeness (QED) is 0.522. The van der Waals surface area contributed by atoms with E-state index in [2.05, 4.69) is 38.3 Å². The summed E-state index contributed by atoms with van der Waals surface area (Å²) >= 11 is 6.20. The minimum atomic E-state index is -0.443. The first kappa shape index (κ1) is 15.9. The van der Waals surface area contributed by atoms with Crippen molar-refractivity contribution in [3.05, 3.63) is 59.5 Å². The van der Waals surface area contributed by atoms with Crippen LogP contribution in [-0.4, -0.2) is 24.9 Å². The fourth-order valence-electron chi connectivity index (χ4n) is 2.36. The fraction of sp³-hybridized carbons (Fsp3) is 0.125. The summed E-state index contributed by atoms with van der Waals surface area (Å²) in [5, 5.41) is 17.1. The van der Waals surface area contributed by atoms with Crippen LogP contribution in [0.25, 0.3) is 10.7 Å². The topological polar surface area (TPSA) is 81.7 Å². The number of thiophene rings is 1. The highest BCUT2D eigenvalue weighted by Crippen LogP contribution is 2.29. The highest BCUT2D eigenvalue weighted by atomic mass is 32.1. The van der Waals surface area contributed by atoms with E-state index in [1.807, 2.05) is 59.5 Å². The molecule has 1 atom stereocenters. The Labute approximate surface area is 153 Å². The zero-order chi connectivity index (χ0) is 17.2. The van der Waals surface area contributed by atoms with E-state index in [1.54, 1.807) is 11.3 Å². The Hall–Kier alpha value is -2.65. The molecule has 25 heavy (non-hydrogen) atoms. The average molecular weight is 370 g/mol. The second kappa shape index (κ2) is 6.69. The molecule has 0 saturated heterocycles. The summed E-state index contributed by atoms with van der Waals surface area (Å²) in [6.07, 6.45) is 0. The van der Waals surface area contributed by atoms with Crippen LogP contribution in [-0.2, 0) is 7.05 Å². The smallest absolute Gasteiger partial charge is 0.315 e. The molecule has 3 heterocycles. The fourth-order valence-corrected chi connectivity index (χ4v) is 3.43. The minimum absolute atomic E-state index is 0.306. The van der Waals surface area contributed by atoms with Gasteiger partial charge in [0.25, 0.3) is 0 Å².